The summed E-state index contributed by atoms with van der Waals surface area (Å²) < 4.78 is 0. The molecule has 3 aromatic carbocycles. The van der Waals surface area contributed by atoms with Crippen LogP contribution in [0.15, 0.2) is 78.9 Å². The molecule has 0 aliphatic rings. The van der Waals surface area contributed by atoms with Crippen LogP contribution in [-0.2, 0) is 5.41 Å². The quantitative estimate of drug-likeness (QED) is 0.685. The van der Waals surface area contributed by atoms with E-state index in [0.29, 0.717) is 5.75 Å². The van der Waals surface area contributed by atoms with Crippen LogP contribution in [0.25, 0.3) is 11.1 Å². The molecule has 0 aliphatic heterocycles. The highest BCUT2D eigenvalue weighted by Gasteiger charge is 2.26. The van der Waals surface area contributed by atoms with Gasteiger partial charge < -0.3 is 5.11 Å². The molecule has 3 aromatic rings. The molecule has 0 fully saturated rings. The molecule has 0 bridgehead atoms. The van der Waals surface area contributed by atoms with Gasteiger partial charge in [0.05, 0.1) is 0 Å². The third kappa shape index (κ3) is 2.50. The number of rotatable bonds is 3. The predicted octanol–water partition coefficient (Wildman–Crippen LogP) is 5.39. The Morgan fingerprint density at radius 2 is 1.18 bits per heavy atom. The fraction of sp³-hybridized carbons (Fsp3) is 0.143. The first-order valence-corrected chi connectivity index (χ1v) is 7.54. The molecule has 0 aromatic heterocycles. The summed E-state index contributed by atoms with van der Waals surface area (Å²) in [6.07, 6.45) is 0. The highest BCUT2D eigenvalue weighted by molar-refractivity contribution is 5.74. The van der Waals surface area contributed by atoms with Crippen molar-refractivity contribution in [2.75, 3.05) is 0 Å². The highest BCUT2D eigenvalue weighted by atomic mass is 16.3. The fourth-order valence-electron chi connectivity index (χ4n) is 2.97. The van der Waals surface area contributed by atoms with Crippen LogP contribution in [0.4, 0.5) is 0 Å². The number of aromatic hydroxyl groups is 1. The Balaban J connectivity index is 2.19. The van der Waals surface area contributed by atoms with Crippen LogP contribution in [0.5, 0.6) is 5.75 Å². The van der Waals surface area contributed by atoms with Gasteiger partial charge in [-0.25, -0.2) is 0 Å². The lowest BCUT2D eigenvalue weighted by Gasteiger charge is -2.29. The van der Waals surface area contributed by atoms with Crippen molar-refractivity contribution in [3.63, 3.8) is 0 Å². The van der Waals surface area contributed by atoms with Gasteiger partial charge in [0.25, 0.3) is 0 Å². The third-order valence-electron chi connectivity index (χ3n) is 4.29. The molecule has 0 saturated heterocycles. The molecular formula is C21H20O. The molecule has 1 N–H and O–H groups in total. The monoisotopic (exact) mass is 288 g/mol. The minimum Gasteiger partial charge on any atom is -0.507 e. The SMILES string of the molecule is CC(C)(c1ccccc1)c1ccccc1-c1ccccc1O. The number of phenolic OH excluding ortho intramolecular Hbond substituents is 1. The smallest absolute Gasteiger partial charge is 0.123 e. The van der Waals surface area contributed by atoms with Crippen molar-refractivity contribution in [3.05, 3.63) is 90.0 Å². The summed E-state index contributed by atoms with van der Waals surface area (Å²) in [7, 11) is 0. The van der Waals surface area contributed by atoms with E-state index in [-0.39, 0.29) is 5.41 Å². The lowest BCUT2D eigenvalue weighted by atomic mass is 9.75. The minimum atomic E-state index is -0.139. The van der Waals surface area contributed by atoms with E-state index in [9.17, 15) is 5.11 Å². The van der Waals surface area contributed by atoms with Crippen LogP contribution in [0.1, 0.15) is 25.0 Å². The largest absolute Gasteiger partial charge is 0.507 e. The molecule has 0 unspecified atom stereocenters. The van der Waals surface area contributed by atoms with Gasteiger partial charge in [0.15, 0.2) is 0 Å². The Bertz CT molecular complexity index is 773. The lowest BCUT2D eigenvalue weighted by Crippen LogP contribution is -2.19. The van der Waals surface area contributed by atoms with Crippen molar-refractivity contribution in [1.29, 1.82) is 0 Å². The molecular weight excluding hydrogens is 268 g/mol. The number of hydrogen-bond acceptors (Lipinski definition) is 1. The first-order chi connectivity index (χ1) is 10.6. The van der Waals surface area contributed by atoms with Gasteiger partial charge in [-0.3, -0.25) is 0 Å². The molecule has 0 aliphatic carbocycles. The second-order valence-corrected chi connectivity index (χ2v) is 6.05. The maximum Gasteiger partial charge on any atom is 0.123 e. The van der Waals surface area contributed by atoms with Crippen LogP contribution >= 0.6 is 0 Å². The van der Waals surface area contributed by atoms with Gasteiger partial charge in [0.1, 0.15) is 5.75 Å². The van der Waals surface area contributed by atoms with Gasteiger partial charge in [-0.1, -0.05) is 86.6 Å². The average molecular weight is 288 g/mol. The van der Waals surface area contributed by atoms with E-state index in [1.807, 2.05) is 30.3 Å². The zero-order chi connectivity index (χ0) is 15.6. The number of phenols is 1. The first kappa shape index (κ1) is 14.4. The van der Waals surface area contributed by atoms with Crippen molar-refractivity contribution in [2.45, 2.75) is 19.3 Å². The van der Waals surface area contributed by atoms with Crippen molar-refractivity contribution in [3.8, 4) is 16.9 Å². The maximum absolute atomic E-state index is 10.2. The molecule has 0 amide bonds. The van der Waals surface area contributed by atoms with E-state index in [1.54, 1.807) is 6.07 Å². The Morgan fingerprint density at radius 3 is 1.86 bits per heavy atom. The second-order valence-electron chi connectivity index (χ2n) is 6.05. The summed E-state index contributed by atoms with van der Waals surface area (Å²) in [6, 6.07) is 26.3. The third-order valence-corrected chi connectivity index (χ3v) is 4.29. The highest BCUT2D eigenvalue weighted by Crippen LogP contribution is 2.40. The van der Waals surface area contributed by atoms with Gasteiger partial charge in [-0.15, -0.1) is 0 Å². The Labute approximate surface area is 131 Å². The van der Waals surface area contributed by atoms with Crippen molar-refractivity contribution < 1.29 is 5.11 Å². The van der Waals surface area contributed by atoms with Gasteiger partial charge in [-0.05, 0) is 22.8 Å². The van der Waals surface area contributed by atoms with E-state index in [1.165, 1.54) is 11.1 Å². The first-order valence-electron chi connectivity index (χ1n) is 7.54. The van der Waals surface area contributed by atoms with E-state index < -0.39 is 0 Å². The predicted molar refractivity (Wildman–Crippen MR) is 92.1 cm³/mol. The van der Waals surface area contributed by atoms with Crippen LogP contribution in [0.3, 0.4) is 0 Å². The lowest BCUT2D eigenvalue weighted by molar-refractivity contribution is 0.477. The van der Waals surface area contributed by atoms with Gasteiger partial charge in [0, 0.05) is 11.0 Å². The van der Waals surface area contributed by atoms with Crippen molar-refractivity contribution >= 4 is 0 Å². The zero-order valence-corrected chi connectivity index (χ0v) is 13.0. The van der Waals surface area contributed by atoms with E-state index in [2.05, 4.69) is 56.3 Å². The summed E-state index contributed by atoms with van der Waals surface area (Å²) in [5, 5.41) is 10.2. The maximum atomic E-state index is 10.2. The van der Waals surface area contributed by atoms with Crippen LogP contribution in [0, 0.1) is 0 Å². The van der Waals surface area contributed by atoms with Crippen molar-refractivity contribution in [1.82, 2.24) is 0 Å². The summed E-state index contributed by atoms with van der Waals surface area (Å²) >= 11 is 0. The Kier molecular flexibility index (Phi) is 3.72. The minimum absolute atomic E-state index is 0.139. The molecule has 1 nitrogen and oxygen atoms in total. The summed E-state index contributed by atoms with van der Waals surface area (Å²) in [5.74, 6) is 0.318. The van der Waals surface area contributed by atoms with Crippen LogP contribution in [-0.4, -0.2) is 5.11 Å². The molecule has 0 heterocycles. The van der Waals surface area contributed by atoms with Gasteiger partial charge >= 0.3 is 0 Å². The number of para-hydroxylation sites is 1. The van der Waals surface area contributed by atoms with E-state index in [4.69, 9.17) is 0 Å². The average Bonchev–Trinajstić information content (AvgIpc) is 2.56. The summed E-state index contributed by atoms with van der Waals surface area (Å²) in [6.45, 7) is 4.45. The molecule has 22 heavy (non-hydrogen) atoms. The molecule has 0 saturated carbocycles. The molecule has 0 atom stereocenters. The molecule has 110 valence electrons. The van der Waals surface area contributed by atoms with Crippen LogP contribution in [0.2, 0.25) is 0 Å². The topological polar surface area (TPSA) is 20.2 Å². The molecule has 0 spiro atoms. The number of hydrogen-bond donors (Lipinski definition) is 1. The number of benzene rings is 3. The van der Waals surface area contributed by atoms with E-state index in [0.717, 1.165) is 11.1 Å². The molecule has 0 radical (unpaired) electrons. The van der Waals surface area contributed by atoms with Crippen molar-refractivity contribution in [2.24, 2.45) is 0 Å². The fourth-order valence-corrected chi connectivity index (χ4v) is 2.97. The Morgan fingerprint density at radius 1 is 0.636 bits per heavy atom. The normalized spacial score (nSPS) is 11.4. The second kappa shape index (κ2) is 5.69. The standard InChI is InChI=1S/C21H20O/c1-21(2,16-10-4-3-5-11-16)19-14-8-6-12-17(19)18-13-7-9-15-20(18)22/h3-15,22H,1-2H3. The van der Waals surface area contributed by atoms with Gasteiger partial charge in [0.2, 0.25) is 0 Å². The molecule has 3 rings (SSSR count). The zero-order valence-electron chi connectivity index (χ0n) is 13.0. The van der Waals surface area contributed by atoms with E-state index >= 15 is 0 Å². The molecule has 1 heteroatoms. The van der Waals surface area contributed by atoms with Gasteiger partial charge in [-0.2, -0.15) is 0 Å². The Hall–Kier alpha value is -2.54. The summed E-state index contributed by atoms with van der Waals surface area (Å²) in [5.41, 5.74) is 4.29. The summed E-state index contributed by atoms with van der Waals surface area (Å²) in [4.78, 5) is 0. The van der Waals surface area contributed by atoms with Crippen LogP contribution < -0.4 is 0 Å².